The van der Waals surface area contributed by atoms with Crippen molar-refractivity contribution >= 4 is 17.4 Å². The Hall–Kier alpha value is -0.880. The lowest BCUT2D eigenvalue weighted by Gasteiger charge is -2.22. The molecule has 1 aromatic rings. The van der Waals surface area contributed by atoms with Crippen molar-refractivity contribution in [3.63, 3.8) is 0 Å². The van der Waals surface area contributed by atoms with E-state index in [1.807, 2.05) is 0 Å². The summed E-state index contributed by atoms with van der Waals surface area (Å²) in [6.07, 6.45) is -2.35. The van der Waals surface area contributed by atoms with Gasteiger partial charge in [0.25, 0.3) is 0 Å². The number of thioether (sulfide) groups is 1. The zero-order valence-corrected chi connectivity index (χ0v) is 10.5. The summed E-state index contributed by atoms with van der Waals surface area (Å²) in [5, 5.41) is 0.276. The molecule has 0 bridgehead atoms. The van der Waals surface area contributed by atoms with Crippen LogP contribution in [0.15, 0.2) is 23.1 Å². The number of hydrogen-bond acceptors (Lipinski definition) is 3. The number of halogens is 3. The smallest absolute Gasteiger partial charge is 0.398 e. The summed E-state index contributed by atoms with van der Waals surface area (Å²) in [4.78, 5) is 0.693. The Labute approximate surface area is 108 Å². The molecule has 6 heteroatoms. The molecule has 1 atom stereocenters. The second kappa shape index (κ2) is 5.40. The quantitative estimate of drug-likeness (QED) is 0.839. The van der Waals surface area contributed by atoms with Gasteiger partial charge in [-0.1, -0.05) is 0 Å². The van der Waals surface area contributed by atoms with Gasteiger partial charge in [0, 0.05) is 22.4 Å². The van der Waals surface area contributed by atoms with Crippen LogP contribution in [0.5, 0.6) is 0 Å². The number of nitrogen functional groups attached to an aromatic ring is 1. The second-order valence-electron chi connectivity index (χ2n) is 4.21. The van der Waals surface area contributed by atoms with Crippen LogP contribution < -0.4 is 5.73 Å². The minimum atomic E-state index is -4.34. The van der Waals surface area contributed by atoms with Crippen molar-refractivity contribution in [3.8, 4) is 0 Å². The lowest BCUT2D eigenvalue weighted by molar-refractivity contribution is -0.137. The molecule has 1 saturated heterocycles. The van der Waals surface area contributed by atoms with Gasteiger partial charge in [-0.2, -0.15) is 13.2 Å². The van der Waals surface area contributed by atoms with E-state index >= 15 is 0 Å². The molecule has 0 amide bonds. The van der Waals surface area contributed by atoms with Crippen LogP contribution >= 0.6 is 11.8 Å². The van der Waals surface area contributed by atoms with Gasteiger partial charge in [-0.3, -0.25) is 0 Å². The van der Waals surface area contributed by atoms with Crippen LogP contribution in [0.3, 0.4) is 0 Å². The average molecular weight is 277 g/mol. The summed E-state index contributed by atoms with van der Waals surface area (Å²) in [5.41, 5.74) is 5.15. The Morgan fingerprint density at radius 1 is 1.33 bits per heavy atom. The SMILES string of the molecule is Nc1cc(C(F)(F)F)ccc1SC1CCCOC1. The van der Waals surface area contributed by atoms with Gasteiger partial charge in [-0.05, 0) is 31.0 Å². The van der Waals surface area contributed by atoms with Gasteiger partial charge in [-0.25, -0.2) is 0 Å². The number of rotatable bonds is 2. The molecule has 1 aliphatic heterocycles. The van der Waals surface area contributed by atoms with Crippen molar-refractivity contribution in [1.82, 2.24) is 0 Å². The molecule has 1 heterocycles. The Kier molecular flexibility index (Phi) is 4.07. The van der Waals surface area contributed by atoms with Crippen molar-refractivity contribution in [2.45, 2.75) is 29.2 Å². The fourth-order valence-corrected chi connectivity index (χ4v) is 2.97. The molecule has 2 rings (SSSR count). The lowest BCUT2D eigenvalue weighted by atomic mass is 10.2. The van der Waals surface area contributed by atoms with Gasteiger partial charge >= 0.3 is 6.18 Å². The molecular formula is C12H14F3NOS. The van der Waals surface area contributed by atoms with Crippen LogP contribution in [0, 0.1) is 0 Å². The van der Waals surface area contributed by atoms with Gasteiger partial charge < -0.3 is 10.5 Å². The zero-order chi connectivity index (χ0) is 13.2. The fraction of sp³-hybridized carbons (Fsp3) is 0.500. The first-order chi connectivity index (χ1) is 8.47. The van der Waals surface area contributed by atoms with E-state index < -0.39 is 11.7 Å². The van der Waals surface area contributed by atoms with E-state index in [4.69, 9.17) is 10.5 Å². The Bertz CT molecular complexity index is 416. The molecular weight excluding hydrogens is 263 g/mol. The Morgan fingerprint density at radius 3 is 2.67 bits per heavy atom. The standard InChI is InChI=1S/C12H14F3NOS/c13-12(14,15)8-3-4-11(10(16)6-8)18-9-2-1-5-17-7-9/h3-4,6,9H,1-2,5,7,16H2. The van der Waals surface area contributed by atoms with E-state index in [0.717, 1.165) is 31.6 Å². The van der Waals surface area contributed by atoms with Crippen molar-refractivity contribution < 1.29 is 17.9 Å². The van der Waals surface area contributed by atoms with Crippen LogP contribution in [0.1, 0.15) is 18.4 Å². The van der Waals surface area contributed by atoms with Crippen LogP contribution in [0.2, 0.25) is 0 Å². The van der Waals surface area contributed by atoms with Crippen LogP contribution in [-0.2, 0) is 10.9 Å². The summed E-state index contributed by atoms with van der Waals surface area (Å²) in [6, 6.07) is 3.51. The van der Waals surface area contributed by atoms with Crippen molar-refractivity contribution in [1.29, 1.82) is 0 Å². The minimum Gasteiger partial charge on any atom is -0.398 e. The van der Waals surface area contributed by atoms with E-state index in [-0.39, 0.29) is 10.9 Å². The first-order valence-electron chi connectivity index (χ1n) is 5.68. The molecule has 1 aliphatic rings. The van der Waals surface area contributed by atoms with Gasteiger partial charge in [0.05, 0.1) is 12.2 Å². The molecule has 0 spiro atoms. The molecule has 18 heavy (non-hydrogen) atoms. The van der Waals surface area contributed by atoms with Crippen molar-refractivity contribution in [3.05, 3.63) is 23.8 Å². The topological polar surface area (TPSA) is 35.2 Å². The summed E-state index contributed by atoms with van der Waals surface area (Å²) >= 11 is 1.49. The number of benzene rings is 1. The first kappa shape index (κ1) is 13.5. The summed E-state index contributed by atoms with van der Waals surface area (Å²) in [7, 11) is 0. The zero-order valence-electron chi connectivity index (χ0n) is 9.67. The maximum absolute atomic E-state index is 12.5. The number of alkyl halides is 3. The largest absolute Gasteiger partial charge is 0.416 e. The third-order valence-electron chi connectivity index (χ3n) is 2.75. The molecule has 1 aromatic carbocycles. The third-order valence-corrected chi connectivity index (χ3v) is 4.08. The van der Waals surface area contributed by atoms with Crippen molar-refractivity contribution in [2.75, 3.05) is 18.9 Å². The van der Waals surface area contributed by atoms with E-state index in [9.17, 15) is 13.2 Å². The molecule has 2 nitrogen and oxygen atoms in total. The second-order valence-corrected chi connectivity index (χ2v) is 5.55. The van der Waals surface area contributed by atoms with Gasteiger partial charge in [0.15, 0.2) is 0 Å². The monoisotopic (exact) mass is 277 g/mol. The molecule has 0 aromatic heterocycles. The molecule has 0 aliphatic carbocycles. The van der Waals surface area contributed by atoms with Crippen LogP contribution in [0.4, 0.5) is 18.9 Å². The van der Waals surface area contributed by atoms with E-state index in [2.05, 4.69) is 0 Å². The summed E-state index contributed by atoms with van der Waals surface area (Å²) in [5.74, 6) is 0. The highest BCUT2D eigenvalue weighted by molar-refractivity contribution is 8.00. The minimum absolute atomic E-state index is 0.181. The Balaban J connectivity index is 2.09. The molecule has 100 valence electrons. The van der Waals surface area contributed by atoms with Crippen LogP contribution in [0.25, 0.3) is 0 Å². The van der Waals surface area contributed by atoms with E-state index in [1.54, 1.807) is 0 Å². The number of ether oxygens (including phenoxy) is 1. The highest BCUT2D eigenvalue weighted by Crippen LogP contribution is 2.36. The summed E-state index contributed by atoms with van der Waals surface area (Å²) < 4.78 is 42.8. The molecule has 1 fully saturated rings. The number of anilines is 1. The molecule has 1 unspecified atom stereocenters. The first-order valence-corrected chi connectivity index (χ1v) is 6.56. The van der Waals surface area contributed by atoms with E-state index in [1.165, 1.54) is 17.8 Å². The van der Waals surface area contributed by atoms with Gasteiger partial charge in [0.2, 0.25) is 0 Å². The highest BCUT2D eigenvalue weighted by Gasteiger charge is 2.31. The van der Waals surface area contributed by atoms with Gasteiger partial charge in [-0.15, -0.1) is 11.8 Å². The lowest BCUT2D eigenvalue weighted by Crippen LogP contribution is -2.19. The predicted molar refractivity (Wildman–Crippen MR) is 65.6 cm³/mol. The average Bonchev–Trinajstić information content (AvgIpc) is 2.32. The number of nitrogens with two attached hydrogens (primary N) is 1. The molecule has 2 N–H and O–H groups in total. The van der Waals surface area contributed by atoms with Crippen molar-refractivity contribution in [2.24, 2.45) is 0 Å². The Morgan fingerprint density at radius 2 is 2.11 bits per heavy atom. The third kappa shape index (κ3) is 3.32. The molecule has 0 saturated carbocycles. The maximum Gasteiger partial charge on any atom is 0.416 e. The predicted octanol–water partition coefficient (Wildman–Crippen LogP) is 3.56. The number of hydrogen-bond donors (Lipinski definition) is 1. The van der Waals surface area contributed by atoms with E-state index in [0.29, 0.717) is 11.5 Å². The van der Waals surface area contributed by atoms with Crippen LogP contribution in [-0.4, -0.2) is 18.5 Å². The maximum atomic E-state index is 12.5. The molecule has 0 radical (unpaired) electrons. The fourth-order valence-electron chi connectivity index (χ4n) is 1.82. The normalized spacial score (nSPS) is 20.9. The summed E-state index contributed by atoms with van der Waals surface area (Å²) in [6.45, 7) is 1.39. The van der Waals surface area contributed by atoms with Gasteiger partial charge in [0.1, 0.15) is 0 Å². The highest BCUT2D eigenvalue weighted by atomic mass is 32.2.